The van der Waals surface area contributed by atoms with Gasteiger partial charge in [-0.1, -0.05) is 83.9 Å². The fourth-order valence-electron chi connectivity index (χ4n) is 4.79. The Morgan fingerprint density at radius 1 is 0.848 bits per heavy atom. The molecule has 1 unspecified atom stereocenters. The average Bonchev–Trinajstić information content (AvgIpc) is 3.03. The summed E-state index contributed by atoms with van der Waals surface area (Å²) in [6.45, 7) is 0.702. The number of likely N-dealkylation sites (N-methyl/N-ethyl adjacent to an activating group) is 1. The van der Waals surface area contributed by atoms with E-state index < -0.39 is 46.2 Å². The highest BCUT2D eigenvalue weighted by Crippen LogP contribution is 2.34. The lowest BCUT2D eigenvalue weighted by Gasteiger charge is -2.34. The molecule has 0 aromatic heterocycles. The van der Waals surface area contributed by atoms with Gasteiger partial charge in [0.1, 0.15) is 12.6 Å². The molecule has 4 aromatic rings. The molecular formula is C33H30Cl2F3N3O4S. The lowest BCUT2D eigenvalue weighted by molar-refractivity contribution is -0.140. The summed E-state index contributed by atoms with van der Waals surface area (Å²) in [7, 11) is -4.58. The van der Waals surface area contributed by atoms with Crippen molar-refractivity contribution in [2.24, 2.45) is 0 Å². The van der Waals surface area contributed by atoms with E-state index in [1.54, 1.807) is 61.5 Å². The van der Waals surface area contributed by atoms with E-state index in [0.29, 0.717) is 21.5 Å². The Labute approximate surface area is 275 Å². The first-order valence-electron chi connectivity index (χ1n) is 14.1. The van der Waals surface area contributed by atoms with E-state index in [1.165, 1.54) is 30.3 Å². The molecule has 0 aliphatic heterocycles. The van der Waals surface area contributed by atoms with Crippen molar-refractivity contribution in [1.29, 1.82) is 0 Å². The fourth-order valence-corrected chi connectivity index (χ4v) is 6.73. The van der Waals surface area contributed by atoms with Gasteiger partial charge in [-0.05, 0) is 55.0 Å². The van der Waals surface area contributed by atoms with Crippen LogP contribution in [-0.2, 0) is 38.8 Å². The molecule has 0 aliphatic carbocycles. The van der Waals surface area contributed by atoms with Crippen LogP contribution in [0, 0.1) is 0 Å². The molecule has 1 atom stereocenters. The zero-order valence-corrected chi connectivity index (χ0v) is 26.9. The molecule has 7 nitrogen and oxygen atoms in total. The van der Waals surface area contributed by atoms with E-state index in [-0.39, 0.29) is 40.1 Å². The Hall–Kier alpha value is -4.06. The Balaban J connectivity index is 1.86. The zero-order valence-electron chi connectivity index (χ0n) is 24.5. The number of carbonyl (C=O) groups is 2. The molecule has 0 saturated carbocycles. The van der Waals surface area contributed by atoms with E-state index in [4.69, 9.17) is 23.2 Å². The molecule has 0 radical (unpaired) electrons. The maximum absolute atomic E-state index is 14.4. The van der Waals surface area contributed by atoms with Gasteiger partial charge in [-0.3, -0.25) is 13.9 Å². The van der Waals surface area contributed by atoms with Crippen LogP contribution < -0.4 is 9.62 Å². The highest BCUT2D eigenvalue weighted by atomic mass is 35.5. The summed E-state index contributed by atoms with van der Waals surface area (Å²) in [5, 5.41) is 3.13. The normalized spacial score (nSPS) is 12.3. The molecule has 242 valence electrons. The lowest BCUT2D eigenvalue weighted by atomic mass is 10.0. The molecule has 0 bridgehead atoms. The van der Waals surface area contributed by atoms with E-state index >= 15 is 0 Å². The summed E-state index contributed by atoms with van der Waals surface area (Å²) in [5.74, 6) is -1.40. The molecule has 4 aromatic carbocycles. The van der Waals surface area contributed by atoms with Gasteiger partial charge in [-0.15, -0.1) is 0 Å². The van der Waals surface area contributed by atoms with Crippen LogP contribution in [0.3, 0.4) is 0 Å². The number of carbonyl (C=O) groups excluding carboxylic acids is 2. The van der Waals surface area contributed by atoms with Gasteiger partial charge in [0.05, 0.1) is 16.1 Å². The van der Waals surface area contributed by atoms with Crippen molar-refractivity contribution in [3.05, 3.63) is 130 Å². The number of alkyl halides is 3. The third-order valence-electron chi connectivity index (χ3n) is 7.08. The first-order chi connectivity index (χ1) is 21.8. The lowest BCUT2D eigenvalue weighted by Crippen LogP contribution is -2.53. The molecule has 0 aliphatic rings. The van der Waals surface area contributed by atoms with Crippen molar-refractivity contribution in [2.45, 2.75) is 37.0 Å². The maximum atomic E-state index is 14.4. The van der Waals surface area contributed by atoms with Gasteiger partial charge >= 0.3 is 6.18 Å². The number of nitrogens with one attached hydrogen (secondary N) is 1. The second-order valence-corrected chi connectivity index (χ2v) is 12.9. The van der Waals surface area contributed by atoms with E-state index in [9.17, 15) is 31.2 Å². The molecule has 0 heterocycles. The molecular weight excluding hydrogens is 662 g/mol. The molecule has 13 heteroatoms. The quantitative estimate of drug-likeness (QED) is 0.174. The number of halogens is 5. The minimum Gasteiger partial charge on any atom is -0.355 e. The van der Waals surface area contributed by atoms with Crippen LogP contribution in [0.4, 0.5) is 18.9 Å². The molecule has 0 fully saturated rings. The number of hydrogen-bond donors (Lipinski definition) is 1. The van der Waals surface area contributed by atoms with Gasteiger partial charge in [-0.2, -0.15) is 13.2 Å². The monoisotopic (exact) mass is 691 g/mol. The molecule has 0 saturated heterocycles. The van der Waals surface area contributed by atoms with Crippen molar-refractivity contribution in [2.75, 3.05) is 17.4 Å². The van der Waals surface area contributed by atoms with Crippen LogP contribution in [0.1, 0.15) is 23.6 Å². The molecule has 0 spiro atoms. The largest absolute Gasteiger partial charge is 0.416 e. The van der Waals surface area contributed by atoms with Crippen molar-refractivity contribution < 1.29 is 31.2 Å². The van der Waals surface area contributed by atoms with E-state index in [2.05, 4.69) is 5.32 Å². The third-order valence-corrected chi connectivity index (χ3v) is 9.58. The van der Waals surface area contributed by atoms with Gasteiger partial charge in [-0.25, -0.2) is 8.42 Å². The fraction of sp³-hybridized carbons (Fsp3) is 0.212. The Bertz CT molecular complexity index is 1760. The summed E-state index contributed by atoms with van der Waals surface area (Å²) < 4.78 is 69.7. The SMILES string of the molecule is CCNC(=O)C(Cc1ccccc1)N(Cc1c(Cl)cccc1Cl)C(=O)CN(c1cccc(C(F)(F)F)c1)S(=O)(=O)c1ccccc1. The topological polar surface area (TPSA) is 86.8 Å². The number of benzene rings is 4. The van der Waals surface area contributed by atoms with Gasteiger partial charge in [0, 0.05) is 35.1 Å². The third kappa shape index (κ3) is 8.39. The summed E-state index contributed by atoms with van der Waals surface area (Å²) in [6.07, 6.45) is -4.75. The van der Waals surface area contributed by atoms with Crippen molar-refractivity contribution >= 4 is 50.7 Å². The second kappa shape index (κ2) is 15.0. The minimum absolute atomic E-state index is 0.0372. The number of anilines is 1. The molecule has 1 N–H and O–H groups in total. The van der Waals surface area contributed by atoms with Crippen LogP contribution in [0.25, 0.3) is 0 Å². The number of hydrogen-bond acceptors (Lipinski definition) is 4. The highest BCUT2D eigenvalue weighted by Gasteiger charge is 2.36. The zero-order chi connectivity index (χ0) is 33.5. The number of amides is 2. The van der Waals surface area contributed by atoms with Crippen LogP contribution in [-0.4, -0.2) is 44.3 Å². The van der Waals surface area contributed by atoms with Gasteiger partial charge in [0.2, 0.25) is 11.8 Å². The van der Waals surface area contributed by atoms with Crippen molar-refractivity contribution in [1.82, 2.24) is 10.2 Å². The Kier molecular flexibility index (Phi) is 11.4. The summed E-state index contributed by atoms with van der Waals surface area (Å²) in [6, 6.07) is 23.1. The van der Waals surface area contributed by atoms with E-state index in [1.807, 2.05) is 0 Å². The van der Waals surface area contributed by atoms with Crippen molar-refractivity contribution in [3.63, 3.8) is 0 Å². The summed E-state index contributed by atoms with van der Waals surface area (Å²) >= 11 is 12.9. The number of rotatable bonds is 12. The summed E-state index contributed by atoms with van der Waals surface area (Å²) in [5.41, 5.74) is -0.485. The molecule has 46 heavy (non-hydrogen) atoms. The minimum atomic E-state index is -4.78. The number of sulfonamides is 1. The summed E-state index contributed by atoms with van der Waals surface area (Å²) in [4.78, 5) is 28.9. The maximum Gasteiger partial charge on any atom is 0.416 e. The van der Waals surface area contributed by atoms with Crippen LogP contribution >= 0.6 is 23.2 Å². The first kappa shape index (κ1) is 34.8. The van der Waals surface area contributed by atoms with Crippen molar-refractivity contribution in [3.8, 4) is 0 Å². The Morgan fingerprint density at radius 3 is 2.02 bits per heavy atom. The standard InChI is InChI=1S/C33H30Cl2F3N3O4S/c1-2-39-32(43)30(19-23-11-5-3-6-12-23)40(21-27-28(34)17-10-18-29(27)35)31(42)22-41(46(44,45)26-15-7-4-8-16-26)25-14-9-13-24(20-25)33(36,37)38/h3-18,20,30H,2,19,21-22H2,1H3,(H,39,43). The number of nitrogens with zero attached hydrogens (tertiary/aromatic N) is 2. The van der Waals surface area contributed by atoms with Gasteiger partial charge < -0.3 is 10.2 Å². The molecule has 4 rings (SSSR count). The van der Waals surface area contributed by atoms with E-state index in [0.717, 1.165) is 17.0 Å². The van der Waals surface area contributed by atoms with Crippen LogP contribution in [0.5, 0.6) is 0 Å². The van der Waals surface area contributed by atoms with Crippen LogP contribution in [0.15, 0.2) is 108 Å². The smallest absolute Gasteiger partial charge is 0.355 e. The highest BCUT2D eigenvalue weighted by molar-refractivity contribution is 7.92. The van der Waals surface area contributed by atoms with Crippen LogP contribution in [0.2, 0.25) is 10.0 Å². The van der Waals surface area contributed by atoms with Gasteiger partial charge in [0.25, 0.3) is 10.0 Å². The second-order valence-electron chi connectivity index (χ2n) is 10.2. The molecule has 2 amide bonds. The Morgan fingerprint density at radius 2 is 1.43 bits per heavy atom. The predicted molar refractivity (Wildman–Crippen MR) is 172 cm³/mol. The predicted octanol–water partition coefficient (Wildman–Crippen LogP) is 6.98. The first-order valence-corrected chi connectivity index (χ1v) is 16.3. The average molecular weight is 693 g/mol. The van der Waals surface area contributed by atoms with Gasteiger partial charge in [0.15, 0.2) is 0 Å².